The van der Waals surface area contributed by atoms with E-state index in [2.05, 4.69) is 18.6 Å². The molecule has 25 heavy (non-hydrogen) atoms. The second kappa shape index (κ2) is 12.3. The fraction of sp³-hybridized carbons (Fsp3) is 0.778. The maximum absolute atomic E-state index is 12.6. The van der Waals surface area contributed by atoms with Gasteiger partial charge >= 0.3 is 0 Å². The highest BCUT2D eigenvalue weighted by Crippen LogP contribution is 2.27. The van der Waals surface area contributed by atoms with Gasteiger partial charge in [-0.05, 0) is 30.9 Å². The van der Waals surface area contributed by atoms with E-state index in [-0.39, 0.29) is 16.7 Å². The predicted molar refractivity (Wildman–Crippen MR) is 107 cm³/mol. The zero-order valence-corrected chi connectivity index (χ0v) is 17.7. The van der Waals surface area contributed by atoms with Crippen LogP contribution in [0.3, 0.4) is 0 Å². The summed E-state index contributed by atoms with van der Waals surface area (Å²) in [6, 6.07) is 2.65. The first kappa shape index (κ1) is 22.9. The minimum absolute atomic E-state index is 0.165. The van der Waals surface area contributed by atoms with Crippen molar-refractivity contribution in [2.75, 3.05) is 6.61 Å². The van der Waals surface area contributed by atoms with Crippen molar-refractivity contribution in [2.45, 2.75) is 81.9 Å². The fourth-order valence-electron chi connectivity index (χ4n) is 3.02. The van der Waals surface area contributed by atoms with Crippen LogP contribution in [-0.2, 0) is 10.0 Å². The van der Waals surface area contributed by atoms with Crippen molar-refractivity contribution < 1.29 is 13.5 Å². The third-order valence-electron chi connectivity index (χ3n) is 4.49. The number of halogens is 1. The number of rotatable bonds is 14. The summed E-state index contributed by atoms with van der Waals surface area (Å²) in [5, 5.41) is 9.82. The molecule has 0 aliphatic rings. The molecule has 1 heterocycles. The summed E-state index contributed by atoms with van der Waals surface area (Å²) in [5.74, 6) is 0.165. The number of thiophene rings is 1. The monoisotopic (exact) mass is 409 g/mol. The molecule has 146 valence electrons. The van der Waals surface area contributed by atoms with Gasteiger partial charge in [-0.1, -0.05) is 70.4 Å². The van der Waals surface area contributed by atoms with E-state index in [1.54, 1.807) is 6.07 Å². The Balaban J connectivity index is 2.75. The largest absolute Gasteiger partial charge is 0.395 e. The lowest BCUT2D eigenvalue weighted by molar-refractivity contribution is 0.198. The second-order valence-electron chi connectivity index (χ2n) is 6.57. The molecule has 7 heteroatoms. The van der Waals surface area contributed by atoms with Crippen molar-refractivity contribution in [3.63, 3.8) is 0 Å². The summed E-state index contributed by atoms with van der Waals surface area (Å²) in [5.41, 5.74) is 0. The molecule has 0 saturated carbocycles. The molecule has 2 atom stereocenters. The molecule has 0 aliphatic heterocycles. The molecule has 0 saturated heterocycles. The van der Waals surface area contributed by atoms with Crippen LogP contribution in [0.1, 0.15) is 71.6 Å². The lowest BCUT2D eigenvalue weighted by Gasteiger charge is -2.26. The van der Waals surface area contributed by atoms with Gasteiger partial charge in [0.1, 0.15) is 4.21 Å². The molecular weight excluding hydrogens is 378 g/mol. The molecule has 1 aromatic heterocycles. The van der Waals surface area contributed by atoms with Gasteiger partial charge in [0, 0.05) is 6.04 Å². The van der Waals surface area contributed by atoms with Gasteiger partial charge in [-0.3, -0.25) is 0 Å². The van der Waals surface area contributed by atoms with E-state index in [0.717, 1.165) is 56.3 Å². The third kappa shape index (κ3) is 8.39. The van der Waals surface area contributed by atoms with Gasteiger partial charge in [0.2, 0.25) is 10.0 Å². The van der Waals surface area contributed by atoms with E-state index < -0.39 is 16.1 Å². The first-order valence-corrected chi connectivity index (χ1v) is 12.0. The first-order valence-electron chi connectivity index (χ1n) is 9.33. The summed E-state index contributed by atoms with van der Waals surface area (Å²) in [6.07, 6.45) is 9.84. The van der Waals surface area contributed by atoms with Crippen LogP contribution in [-0.4, -0.2) is 26.2 Å². The molecule has 4 nitrogen and oxygen atoms in total. The number of sulfonamides is 1. The van der Waals surface area contributed by atoms with Gasteiger partial charge in [0.25, 0.3) is 0 Å². The van der Waals surface area contributed by atoms with Crippen LogP contribution >= 0.6 is 22.9 Å². The highest BCUT2D eigenvalue weighted by molar-refractivity contribution is 7.91. The van der Waals surface area contributed by atoms with Crippen molar-refractivity contribution >= 4 is 33.0 Å². The summed E-state index contributed by atoms with van der Waals surface area (Å²) in [6.45, 7) is 4.15. The summed E-state index contributed by atoms with van der Waals surface area (Å²) >= 11 is 6.90. The molecule has 2 N–H and O–H groups in total. The molecule has 0 radical (unpaired) electrons. The highest BCUT2D eigenvalue weighted by atomic mass is 35.5. The van der Waals surface area contributed by atoms with E-state index in [9.17, 15) is 13.5 Å². The normalized spacial score (nSPS) is 14.6. The fourth-order valence-corrected chi connectivity index (χ4v) is 5.81. The molecule has 0 unspecified atom stereocenters. The highest BCUT2D eigenvalue weighted by Gasteiger charge is 2.27. The van der Waals surface area contributed by atoms with E-state index in [1.807, 2.05) is 0 Å². The SMILES string of the molecule is CCCCCC[C@@H](CCCCC)[C@@H](CO)NS(=O)(=O)c1ccc(Cl)s1. The first-order chi connectivity index (χ1) is 11.9. The van der Waals surface area contributed by atoms with Crippen LogP contribution in [0.5, 0.6) is 0 Å². The summed E-state index contributed by atoms with van der Waals surface area (Å²) < 4.78 is 28.5. The minimum atomic E-state index is -3.64. The number of unbranched alkanes of at least 4 members (excludes halogenated alkanes) is 5. The molecule has 1 aromatic rings. The number of aliphatic hydroxyl groups is 1. The Morgan fingerprint density at radius 2 is 1.68 bits per heavy atom. The second-order valence-corrected chi connectivity index (χ2v) is 10.2. The van der Waals surface area contributed by atoms with Crippen molar-refractivity contribution in [2.24, 2.45) is 5.92 Å². The smallest absolute Gasteiger partial charge is 0.250 e. The molecule has 0 aliphatic carbocycles. The third-order valence-corrected chi connectivity index (χ3v) is 7.71. The molecule has 0 aromatic carbocycles. The van der Waals surface area contributed by atoms with Crippen LogP contribution in [0.4, 0.5) is 0 Å². The Morgan fingerprint density at radius 1 is 1.08 bits per heavy atom. The zero-order chi connectivity index (χ0) is 18.7. The van der Waals surface area contributed by atoms with Gasteiger partial charge in [-0.15, -0.1) is 11.3 Å². The van der Waals surface area contributed by atoms with Gasteiger partial charge in [-0.25, -0.2) is 13.1 Å². The predicted octanol–water partition coefficient (Wildman–Crippen LogP) is 5.21. The summed E-state index contributed by atoms with van der Waals surface area (Å²) in [4.78, 5) is 0. The van der Waals surface area contributed by atoms with Crippen LogP contribution in [0.15, 0.2) is 16.3 Å². The van der Waals surface area contributed by atoms with Crippen molar-refractivity contribution in [1.82, 2.24) is 4.72 Å². The van der Waals surface area contributed by atoms with Crippen molar-refractivity contribution in [1.29, 1.82) is 0 Å². The van der Waals surface area contributed by atoms with E-state index >= 15 is 0 Å². The lowest BCUT2D eigenvalue weighted by Crippen LogP contribution is -2.42. The average molecular weight is 410 g/mol. The molecule has 0 fully saturated rings. The van der Waals surface area contributed by atoms with Crippen LogP contribution in [0.25, 0.3) is 0 Å². The minimum Gasteiger partial charge on any atom is -0.395 e. The Hall–Kier alpha value is -0.140. The Morgan fingerprint density at radius 3 is 2.20 bits per heavy atom. The number of hydrogen-bond acceptors (Lipinski definition) is 4. The standard InChI is InChI=1S/C18H32ClNO3S2/c1-3-5-7-9-11-15(10-8-6-4-2)16(14-21)20-25(22,23)18-13-12-17(19)24-18/h12-13,15-16,20-21H,3-11,14H2,1-2H3/t15-,16-/m1/s1. The van der Waals surface area contributed by atoms with E-state index in [1.165, 1.54) is 18.9 Å². The zero-order valence-electron chi connectivity index (χ0n) is 15.3. The van der Waals surface area contributed by atoms with Crippen LogP contribution in [0, 0.1) is 5.92 Å². The number of hydrogen-bond donors (Lipinski definition) is 2. The maximum atomic E-state index is 12.6. The van der Waals surface area contributed by atoms with E-state index in [4.69, 9.17) is 11.6 Å². The molecule has 0 bridgehead atoms. The van der Waals surface area contributed by atoms with Gasteiger partial charge in [-0.2, -0.15) is 0 Å². The molecule has 1 rings (SSSR count). The molecular formula is C18H32ClNO3S2. The summed E-state index contributed by atoms with van der Waals surface area (Å²) in [7, 11) is -3.64. The lowest BCUT2D eigenvalue weighted by atomic mass is 9.89. The Bertz CT molecular complexity index is 575. The molecule has 0 spiro atoms. The quantitative estimate of drug-likeness (QED) is 0.414. The molecule has 0 amide bonds. The van der Waals surface area contributed by atoms with Gasteiger partial charge < -0.3 is 5.11 Å². The van der Waals surface area contributed by atoms with Crippen molar-refractivity contribution in [3.05, 3.63) is 16.5 Å². The van der Waals surface area contributed by atoms with E-state index in [0.29, 0.717) is 4.34 Å². The Kier molecular flexibility index (Phi) is 11.3. The average Bonchev–Trinajstić information content (AvgIpc) is 3.02. The van der Waals surface area contributed by atoms with Crippen LogP contribution in [0.2, 0.25) is 4.34 Å². The van der Waals surface area contributed by atoms with Gasteiger partial charge in [0.15, 0.2) is 0 Å². The number of nitrogens with one attached hydrogen (secondary N) is 1. The Labute approximate surface area is 162 Å². The van der Waals surface area contributed by atoms with Crippen LogP contribution < -0.4 is 4.72 Å². The van der Waals surface area contributed by atoms with Crippen molar-refractivity contribution in [3.8, 4) is 0 Å². The van der Waals surface area contributed by atoms with Gasteiger partial charge in [0.05, 0.1) is 10.9 Å². The number of aliphatic hydroxyl groups excluding tert-OH is 1. The topological polar surface area (TPSA) is 66.4 Å². The maximum Gasteiger partial charge on any atom is 0.250 e.